The minimum Gasteiger partial charge on any atom is -0.398 e. The Kier molecular flexibility index (Phi) is 4.98. The Morgan fingerprint density at radius 1 is 1.17 bits per heavy atom. The van der Waals surface area contributed by atoms with Gasteiger partial charge in [-0.2, -0.15) is 0 Å². The summed E-state index contributed by atoms with van der Waals surface area (Å²) in [6.45, 7) is 0.724. The van der Waals surface area contributed by atoms with Crippen molar-refractivity contribution < 1.29 is 9.59 Å². The molecule has 3 amide bonds. The molecule has 0 heterocycles. The highest BCUT2D eigenvalue weighted by Gasteiger charge is 2.08. The molecule has 0 saturated heterocycles. The SMILES string of the molecule is CN(C)C(=O)NCCNC(=O)c1ccccc1N. The number of rotatable bonds is 4. The molecule has 6 nitrogen and oxygen atoms in total. The van der Waals surface area contributed by atoms with Crippen LogP contribution in [0, 0.1) is 0 Å². The maximum absolute atomic E-state index is 11.7. The van der Waals surface area contributed by atoms with Crippen LogP contribution in [0.5, 0.6) is 0 Å². The highest BCUT2D eigenvalue weighted by Crippen LogP contribution is 2.09. The second-order valence-electron chi connectivity index (χ2n) is 3.97. The van der Waals surface area contributed by atoms with Gasteiger partial charge in [0.2, 0.25) is 0 Å². The molecule has 0 aromatic heterocycles. The Balaban J connectivity index is 2.35. The third-order valence-electron chi connectivity index (χ3n) is 2.30. The van der Waals surface area contributed by atoms with Gasteiger partial charge in [-0.05, 0) is 12.1 Å². The fourth-order valence-electron chi connectivity index (χ4n) is 1.30. The molecule has 4 N–H and O–H groups in total. The van der Waals surface area contributed by atoms with Gasteiger partial charge in [-0.25, -0.2) is 4.79 Å². The smallest absolute Gasteiger partial charge is 0.316 e. The Bertz CT molecular complexity index is 432. The van der Waals surface area contributed by atoms with E-state index in [0.717, 1.165) is 0 Å². The first-order chi connectivity index (χ1) is 8.52. The molecule has 6 heteroatoms. The molecule has 0 unspecified atom stereocenters. The van der Waals surface area contributed by atoms with E-state index in [9.17, 15) is 9.59 Å². The van der Waals surface area contributed by atoms with Crippen molar-refractivity contribution in [2.75, 3.05) is 32.9 Å². The van der Waals surface area contributed by atoms with Gasteiger partial charge >= 0.3 is 6.03 Å². The van der Waals surface area contributed by atoms with Crippen LogP contribution in [-0.4, -0.2) is 44.0 Å². The third-order valence-corrected chi connectivity index (χ3v) is 2.30. The molecule has 1 aromatic carbocycles. The van der Waals surface area contributed by atoms with Gasteiger partial charge in [-0.15, -0.1) is 0 Å². The van der Waals surface area contributed by atoms with Crippen molar-refractivity contribution >= 4 is 17.6 Å². The molecule has 1 aromatic rings. The van der Waals surface area contributed by atoms with E-state index in [1.165, 1.54) is 4.90 Å². The van der Waals surface area contributed by atoms with E-state index in [1.807, 2.05) is 0 Å². The van der Waals surface area contributed by atoms with Gasteiger partial charge in [0.1, 0.15) is 0 Å². The van der Waals surface area contributed by atoms with Crippen molar-refractivity contribution in [1.82, 2.24) is 15.5 Å². The number of nitrogens with zero attached hydrogens (tertiary/aromatic N) is 1. The van der Waals surface area contributed by atoms with E-state index in [0.29, 0.717) is 24.3 Å². The minimum atomic E-state index is -0.243. The van der Waals surface area contributed by atoms with Crippen molar-refractivity contribution in [2.24, 2.45) is 0 Å². The molecule has 0 spiro atoms. The zero-order valence-corrected chi connectivity index (χ0v) is 10.6. The molecule has 18 heavy (non-hydrogen) atoms. The zero-order chi connectivity index (χ0) is 13.5. The number of anilines is 1. The number of amides is 3. The minimum absolute atomic E-state index is 0.191. The van der Waals surface area contributed by atoms with Crippen LogP contribution in [0.2, 0.25) is 0 Å². The molecule has 0 aliphatic heterocycles. The fraction of sp³-hybridized carbons (Fsp3) is 0.333. The number of hydrogen-bond acceptors (Lipinski definition) is 3. The summed E-state index contributed by atoms with van der Waals surface area (Å²) in [5, 5.41) is 5.33. The number of nitrogens with one attached hydrogen (secondary N) is 2. The van der Waals surface area contributed by atoms with Crippen LogP contribution in [-0.2, 0) is 0 Å². The first-order valence-electron chi connectivity index (χ1n) is 5.60. The largest absolute Gasteiger partial charge is 0.398 e. The van der Waals surface area contributed by atoms with E-state index in [1.54, 1.807) is 38.4 Å². The lowest BCUT2D eigenvalue weighted by atomic mass is 10.2. The Morgan fingerprint density at radius 2 is 1.78 bits per heavy atom. The molecule has 98 valence electrons. The highest BCUT2D eigenvalue weighted by molar-refractivity contribution is 5.99. The second-order valence-corrected chi connectivity index (χ2v) is 3.97. The van der Waals surface area contributed by atoms with Crippen LogP contribution in [0.4, 0.5) is 10.5 Å². The van der Waals surface area contributed by atoms with Gasteiger partial charge in [0.15, 0.2) is 0 Å². The first-order valence-corrected chi connectivity index (χ1v) is 5.60. The predicted molar refractivity (Wildman–Crippen MR) is 70.3 cm³/mol. The fourth-order valence-corrected chi connectivity index (χ4v) is 1.30. The molecule has 0 bridgehead atoms. The summed E-state index contributed by atoms with van der Waals surface area (Å²) in [7, 11) is 3.30. The zero-order valence-electron chi connectivity index (χ0n) is 10.6. The van der Waals surface area contributed by atoms with Crippen molar-refractivity contribution in [3.05, 3.63) is 29.8 Å². The van der Waals surface area contributed by atoms with Gasteiger partial charge in [0.05, 0.1) is 5.56 Å². The number of urea groups is 1. The van der Waals surface area contributed by atoms with E-state index >= 15 is 0 Å². The van der Waals surface area contributed by atoms with Gasteiger partial charge in [0.25, 0.3) is 5.91 Å². The molecule has 0 atom stereocenters. The summed E-state index contributed by atoms with van der Waals surface area (Å²) in [4.78, 5) is 24.4. The molecule has 0 aliphatic carbocycles. The molecular formula is C12H18N4O2. The maximum atomic E-state index is 11.7. The van der Waals surface area contributed by atoms with Crippen LogP contribution >= 0.6 is 0 Å². The van der Waals surface area contributed by atoms with Crippen LogP contribution in [0.25, 0.3) is 0 Å². The van der Waals surface area contributed by atoms with Crippen LogP contribution in [0.3, 0.4) is 0 Å². The number of nitrogen functional groups attached to an aromatic ring is 1. The third kappa shape index (κ3) is 3.97. The maximum Gasteiger partial charge on any atom is 0.316 e. The van der Waals surface area contributed by atoms with Crippen molar-refractivity contribution in [3.8, 4) is 0 Å². The Morgan fingerprint density at radius 3 is 2.39 bits per heavy atom. The van der Waals surface area contributed by atoms with E-state index in [2.05, 4.69) is 10.6 Å². The van der Waals surface area contributed by atoms with Crippen molar-refractivity contribution in [1.29, 1.82) is 0 Å². The molecule has 0 radical (unpaired) electrons. The highest BCUT2D eigenvalue weighted by atomic mass is 16.2. The van der Waals surface area contributed by atoms with Crippen molar-refractivity contribution in [3.63, 3.8) is 0 Å². The number of carbonyl (C=O) groups excluding carboxylic acids is 2. The lowest BCUT2D eigenvalue weighted by Crippen LogP contribution is -2.39. The topological polar surface area (TPSA) is 87.5 Å². The number of para-hydroxylation sites is 1. The normalized spacial score (nSPS) is 9.67. The molecule has 0 fully saturated rings. The Labute approximate surface area is 106 Å². The number of carbonyl (C=O) groups is 2. The van der Waals surface area contributed by atoms with Crippen molar-refractivity contribution in [2.45, 2.75) is 0 Å². The van der Waals surface area contributed by atoms with E-state index in [-0.39, 0.29) is 11.9 Å². The van der Waals surface area contributed by atoms with Gasteiger partial charge in [-0.1, -0.05) is 12.1 Å². The van der Waals surface area contributed by atoms with Gasteiger partial charge in [-0.3, -0.25) is 4.79 Å². The summed E-state index contributed by atoms with van der Waals surface area (Å²) >= 11 is 0. The van der Waals surface area contributed by atoms with Crippen LogP contribution < -0.4 is 16.4 Å². The predicted octanol–water partition coefficient (Wildman–Crippen LogP) is 0.270. The quantitative estimate of drug-likeness (QED) is 0.529. The lowest BCUT2D eigenvalue weighted by Gasteiger charge is -2.12. The summed E-state index contributed by atoms with van der Waals surface area (Å²) in [6, 6.07) is 6.65. The Hall–Kier alpha value is -2.24. The summed E-state index contributed by atoms with van der Waals surface area (Å²) < 4.78 is 0. The first kappa shape index (κ1) is 13.8. The number of hydrogen-bond donors (Lipinski definition) is 3. The van der Waals surface area contributed by atoms with Crippen LogP contribution in [0.1, 0.15) is 10.4 Å². The van der Waals surface area contributed by atoms with Gasteiger partial charge < -0.3 is 21.3 Å². The summed E-state index contributed by atoms with van der Waals surface area (Å²) in [6.07, 6.45) is 0. The average Bonchev–Trinajstić information content (AvgIpc) is 2.34. The lowest BCUT2D eigenvalue weighted by molar-refractivity contribution is 0.0954. The molecule has 1 rings (SSSR count). The molecule has 0 saturated carbocycles. The molecule has 0 aliphatic rings. The van der Waals surface area contributed by atoms with Gasteiger partial charge in [0, 0.05) is 32.9 Å². The summed E-state index contributed by atoms with van der Waals surface area (Å²) in [5.74, 6) is -0.243. The number of benzene rings is 1. The molecular weight excluding hydrogens is 232 g/mol. The standard InChI is InChI=1S/C12H18N4O2/c1-16(2)12(18)15-8-7-14-11(17)9-5-3-4-6-10(9)13/h3-6H,7-8,13H2,1-2H3,(H,14,17)(H,15,18). The number of nitrogens with two attached hydrogens (primary N) is 1. The second kappa shape index (κ2) is 6.48. The summed E-state index contributed by atoms with van der Waals surface area (Å²) in [5.41, 5.74) is 6.55. The average molecular weight is 250 g/mol. The van der Waals surface area contributed by atoms with Crippen LogP contribution in [0.15, 0.2) is 24.3 Å². The monoisotopic (exact) mass is 250 g/mol. The van der Waals surface area contributed by atoms with E-state index < -0.39 is 0 Å². The van der Waals surface area contributed by atoms with E-state index in [4.69, 9.17) is 5.73 Å².